The van der Waals surface area contributed by atoms with Crippen LogP contribution in [0.5, 0.6) is 0 Å². The SMILES string of the molecule is CCCC1CC(CNC2CC2)(S(C)(=O)=O)C1. The Balaban J connectivity index is 1.93. The van der Waals surface area contributed by atoms with Crippen LogP contribution in [-0.4, -0.2) is 32.0 Å². The Hall–Kier alpha value is -0.0900. The zero-order valence-corrected chi connectivity index (χ0v) is 11.1. The van der Waals surface area contributed by atoms with Gasteiger partial charge in [0.25, 0.3) is 0 Å². The van der Waals surface area contributed by atoms with Crippen LogP contribution in [0.15, 0.2) is 0 Å². The van der Waals surface area contributed by atoms with Gasteiger partial charge in [0.15, 0.2) is 9.84 Å². The lowest BCUT2D eigenvalue weighted by Crippen LogP contribution is -2.56. The van der Waals surface area contributed by atoms with Crippen molar-refractivity contribution in [2.75, 3.05) is 12.8 Å². The van der Waals surface area contributed by atoms with E-state index < -0.39 is 14.6 Å². The van der Waals surface area contributed by atoms with E-state index in [2.05, 4.69) is 12.2 Å². The van der Waals surface area contributed by atoms with Gasteiger partial charge in [-0.2, -0.15) is 0 Å². The maximum absolute atomic E-state index is 11.9. The molecule has 0 aromatic rings. The molecule has 2 aliphatic rings. The molecule has 2 fully saturated rings. The molecule has 0 radical (unpaired) electrons. The molecule has 0 aromatic heterocycles. The summed E-state index contributed by atoms with van der Waals surface area (Å²) in [5, 5.41) is 3.39. The predicted octanol–water partition coefficient (Wildman–Crippen LogP) is 1.73. The van der Waals surface area contributed by atoms with E-state index in [1.54, 1.807) is 0 Å². The summed E-state index contributed by atoms with van der Waals surface area (Å²) in [7, 11) is -2.91. The molecule has 16 heavy (non-hydrogen) atoms. The highest BCUT2D eigenvalue weighted by molar-refractivity contribution is 7.92. The normalized spacial score (nSPS) is 34.8. The molecule has 0 heterocycles. The zero-order chi connectivity index (χ0) is 11.8. The summed E-state index contributed by atoms with van der Waals surface area (Å²) in [6, 6.07) is 0.601. The number of rotatable bonds is 6. The van der Waals surface area contributed by atoms with E-state index in [-0.39, 0.29) is 0 Å². The van der Waals surface area contributed by atoms with E-state index in [1.807, 2.05) is 0 Å². The molecule has 0 bridgehead atoms. The van der Waals surface area contributed by atoms with Crippen molar-refractivity contribution < 1.29 is 8.42 Å². The largest absolute Gasteiger partial charge is 0.312 e. The summed E-state index contributed by atoms with van der Waals surface area (Å²) in [6.07, 6.45) is 7.94. The summed E-state index contributed by atoms with van der Waals surface area (Å²) in [4.78, 5) is 0. The Labute approximate surface area is 98.9 Å². The zero-order valence-electron chi connectivity index (χ0n) is 10.3. The van der Waals surface area contributed by atoms with Crippen LogP contribution in [0.3, 0.4) is 0 Å². The van der Waals surface area contributed by atoms with Gasteiger partial charge in [-0.1, -0.05) is 19.8 Å². The van der Waals surface area contributed by atoms with Crippen molar-refractivity contribution in [3.8, 4) is 0 Å². The minimum Gasteiger partial charge on any atom is -0.312 e. The predicted molar refractivity (Wildman–Crippen MR) is 66.2 cm³/mol. The minimum absolute atomic E-state index is 0.435. The Bertz CT molecular complexity index is 340. The molecule has 0 spiro atoms. The lowest BCUT2D eigenvalue weighted by atomic mass is 9.72. The van der Waals surface area contributed by atoms with Gasteiger partial charge in [0.05, 0.1) is 4.75 Å². The van der Waals surface area contributed by atoms with Crippen LogP contribution >= 0.6 is 0 Å². The minimum atomic E-state index is -2.91. The summed E-state index contributed by atoms with van der Waals surface area (Å²) in [5.74, 6) is 0.640. The fraction of sp³-hybridized carbons (Fsp3) is 1.00. The fourth-order valence-electron chi connectivity index (χ4n) is 2.80. The summed E-state index contributed by atoms with van der Waals surface area (Å²) < 4.78 is 23.3. The molecule has 1 N–H and O–H groups in total. The Morgan fingerprint density at radius 2 is 1.94 bits per heavy atom. The van der Waals surface area contributed by atoms with Crippen LogP contribution in [-0.2, 0) is 9.84 Å². The second-order valence-electron chi connectivity index (χ2n) is 5.67. The Morgan fingerprint density at radius 3 is 2.38 bits per heavy atom. The lowest BCUT2D eigenvalue weighted by molar-refractivity contribution is 0.198. The van der Waals surface area contributed by atoms with Gasteiger partial charge in [0.1, 0.15) is 0 Å². The van der Waals surface area contributed by atoms with Crippen molar-refractivity contribution in [3.63, 3.8) is 0 Å². The molecule has 0 aromatic carbocycles. The monoisotopic (exact) mass is 245 g/mol. The molecule has 0 aliphatic heterocycles. The second-order valence-corrected chi connectivity index (χ2v) is 8.08. The van der Waals surface area contributed by atoms with E-state index in [4.69, 9.17) is 0 Å². The van der Waals surface area contributed by atoms with Crippen molar-refractivity contribution >= 4 is 9.84 Å². The van der Waals surface area contributed by atoms with E-state index in [0.717, 1.165) is 12.8 Å². The van der Waals surface area contributed by atoms with Crippen molar-refractivity contribution in [3.05, 3.63) is 0 Å². The average Bonchev–Trinajstić information content (AvgIpc) is 2.89. The number of hydrogen-bond acceptors (Lipinski definition) is 3. The van der Waals surface area contributed by atoms with Crippen molar-refractivity contribution in [1.29, 1.82) is 0 Å². The Morgan fingerprint density at radius 1 is 1.31 bits per heavy atom. The quantitative estimate of drug-likeness (QED) is 0.775. The van der Waals surface area contributed by atoms with Gasteiger partial charge in [-0.3, -0.25) is 0 Å². The van der Waals surface area contributed by atoms with Crippen LogP contribution in [0.4, 0.5) is 0 Å². The van der Waals surface area contributed by atoms with Crippen LogP contribution in [0.1, 0.15) is 45.4 Å². The molecule has 0 amide bonds. The topological polar surface area (TPSA) is 46.2 Å². The first kappa shape index (κ1) is 12.4. The summed E-state index contributed by atoms with van der Waals surface area (Å²) >= 11 is 0. The molecule has 4 heteroatoms. The third-order valence-electron chi connectivity index (χ3n) is 4.10. The molecule has 94 valence electrons. The first-order chi connectivity index (χ1) is 7.47. The third kappa shape index (κ3) is 2.43. The van der Waals surface area contributed by atoms with Gasteiger partial charge < -0.3 is 5.32 Å². The molecule has 2 saturated carbocycles. The highest BCUT2D eigenvalue weighted by Gasteiger charge is 2.51. The molecule has 0 saturated heterocycles. The van der Waals surface area contributed by atoms with Crippen LogP contribution in [0.2, 0.25) is 0 Å². The first-order valence-electron chi connectivity index (χ1n) is 6.40. The van der Waals surface area contributed by atoms with Crippen LogP contribution in [0, 0.1) is 5.92 Å². The van der Waals surface area contributed by atoms with Gasteiger partial charge in [0.2, 0.25) is 0 Å². The number of nitrogens with one attached hydrogen (secondary N) is 1. The molecule has 0 atom stereocenters. The summed E-state index contributed by atoms with van der Waals surface area (Å²) in [5.41, 5.74) is 0. The van der Waals surface area contributed by atoms with Gasteiger partial charge in [-0.25, -0.2) is 8.42 Å². The van der Waals surface area contributed by atoms with Crippen molar-refractivity contribution in [1.82, 2.24) is 5.32 Å². The lowest BCUT2D eigenvalue weighted by Gasteiger charge is -2.46. The smallest absolute Gasteiger partial charge is 0.154 e. The number of sulfone groups is 1. The van der Waals surface area contributed by atoms with Gasteiger partial charge in [-0.05, 0) is 31.6 Å². The van der Waals surface area contributed by atoms with Gasteiger partial charge in [0, 0.05) is 18.8 Å². The van der Waals surface area contributed by atoms with E-state index >= 15 is 0 Å². The molecular weight excluding hydrogens is 222 g/mol. The molecule has 3 nitrogen and oxygen atoms in total. The van der Waals surface area contributed by atoms with Crippen molar-refractivity contribution in [2.24, 2.45) is 5.92 Å². The maximum atomic E-state index is 11.9. The van der Waals surface area contributed by atoms with Gasteiger partial charge >= 0.3 is 0 Å². The number of hydrogen-bond donors (Lipinski definition) is 1. The highest BCUT2D eigenvalue weighted by atomic mass is 32.2. The second kappa shape index (κ2) is 4.30. The molecular formula is C12H23NO2S. The van der Waals surface area contributed by atoms with Crippen LogP contribution < -0.4 is 5.32 Å². The first-order valence-corrected chi connectivity index (χ1v) is 8.29. The Kier molecular flexibility index (Phi) is 3.32. The molecule has 2 aliphatic carbocycles. The fourth-order valence-corrected chi connectivity index (χ4v) is 4.22. The standard InChI is InChI=1S/C12H23NO2S/c1-3-4-10-7-12(8-10,16(2,14)15)9-13-11-5-6-11/h10-11,13H,3-9H2,1-2H3. The highest BCUT2D eigenvalue weighted by Crippen LogP contribution is 2.45. The van der Waals surface area contributed by atoms with E-state index in [1.165, 1.54) is 31.9 Å². The third-order valence-corrected chi connectivity index (χ3v) is 6.15. The van der Waals surface area contributed by atoms with Crippen molar-refractivity contribution in [2.45, 2.75) is 56.2 Å². The van der Waals surface area contributed by atoms with Gasteiger partial charge in [-0.15, -0.1) is 0 Å². The van der Waals surface area contributed by atoms with E-state index in [9.17, 15) is 8.42 Å². The average molecular weight is 245 g/mol. The van der Waals surface area contributed by atoms with E-state index in [0.29, 0.717) is 18.5 Å². The van der Waals surface area contributed by atoms with Crippen LogP contribution in [0.25, 0.3) is 0 Å². The molecule has 0 unspecified atom stereocenters. The molecule has 2 rings (SSSR count). The maximum Gasteiger partial charge on any atom is 0.154 e. The summed E-state index contributed by atoms with van der Waals surface area (Å²) in [6.45, 7) is 2.85.